The molecule has 1 heterocycles. The molecular formula is C14H20ClNO. The fourth-order valence-electron chi connectivity index (χ4n) is 2.38. The molecule has 0 aliphatic carbocycles. The van der Waals surface area contributed by atoms with Crippen LogP contribution < -0.4 is 4.90 Å². The van der Waals surface area contributed by atoms with Crippen molar-refractivity contribution in [2.75, 3.05) is 18.0 Å². The molecule has 2 rings (SSSR count). The Balaban J connectivity index is 2.13. The molecule has 1 aliphatic rings. The predicted molar refractivity (Wildman–Crippen MR) is 72.6 cm³/mol. The highest BCUT2D eigenvalue weighted by Gasteiger charge is 2.14. The van der Waals surface area contributed by atoms with Gasteiger partial charge in [-0.2, -0.15) is 0 Å². The quantitative estimate of drug-likeness (QED) is 0.873. The summed E-state index contributed by atoms with van der Waals surface area (Å²) < 4.78 is 0. The van der Waals surface area contributed by atoms with Crippen molar-refractivity contribution in [3.05, 3.63) is 28.8 Å². The molecule has 0 radical (unpaired) electrons. The van der Waals surface area contributed by atoms with Gasteiger partial charge in [0, 0.05) is 23.8 Å². The van der Waals surface area contributed by atoms with Crippen LogP contribution in [0.25, 0.3) is 0 Å². The van der Waals surface area contributed by atoms with Crippen LogP contribution in [-0.2, 0) is 6.61 Å². The average Bonchev–Trinajstić information content (AvgIpc) is 2.54. The first kappa shape index (κ1) is 12.7. The van der Waals surface area contributed by atoms with Crippen LogP contribution in [-0.4, -0.2) is 18.2 Å². The topological polar surface area (TPSA) is 23.5 Å². The lowest BCUT2D eigenvalue weighted by atomic mass is 10.0. The van der Waals surface area contributed by atoms with Crippen molar-refractivity contribution < 1.29 is 5.11 Å². The first-order chi connectivity index (χ1) is 8.20. The van der Waals surface area contributed by atoms with E-state index < -0.39 is 0 Å². The van der Waals surface area contributed by atoms with Gasteiger partial charge in [0.15, 0.2) is 0 Å². The summed E-state index contributed by atoms with van der Waals surface area (Å²) in [5, 5.41) is 9.77. The molecule has 2 nitrogen and oxygen atoms in total. The normalized spacial score (nSPS) is 21.4. The molecule has 0 bridgehead atoms. The number of aliphatic hydroxyl groups is 1. The Hall–Kier alpha value is -0.730. The van der Waals surface area contributed by atoms with Gasteiger partial charge >= 0.3 is 0 Å². The number of nitrogens with zero attached hydrogens (tertiary/aromatic N) is 1. The van der Waals surface area contributed by atoms with Gasteiger partial charge in [0.25, 0.3) is 0 Å². The maximum Gasteiger partial charge on any atom is 0.0696 e. The van der Waals surface area contributed by atoms with Gasteiger partial charge in [-0.05, 0) is 42.9 Å². The summed E-state index contributed by atoms with van der Waals surface area (Å²) in [5.74, 6) is 0.826. The molecule has 1 unspecified atom stereocenters. The summed E-state index contributed by atoms with van der Waals surface area (Å²) >= 11 is 6.13. The molecule has 0 saturated carbocycles. The summed E-state index contributed by atoms with van der Waals surface area (Å²) in [6, 6.07) is 5.96. The summed E-state index contributed by atoms with van der Waals surface area (Å²) in [7, 11) is 0. The molecule has 1 aliphatic heterocycles. The zero-order valence-corrected chi connectivity index (χ0v) is 11.1. The number of aliphatic hydroxyl groups excluding tert-OH is 1. The van der Waals surface area contributed by atoms with E-state index in [2.05, 4.69) is 17.9 Å². The number of halogens is 1. The van der Waals surface area contributed by atoms with Crippen molar-refractivity contribution in [2.24, 2.45) is 5.92 Å². The smallest absolute Gasteiger partial charge is 0.0696 e. The van der Waals surface area contributed by atoms with E-state index in [4.69, 9.17) is 16.7 Å². The summed E-state index contributed by atoms with van der Waals surface area (Å²) in [5.41, 5.74) is 1.99. The van der Waals surface area contributed by atoms with Gasteiger partial charge in [-0.15, -0.1) is 0 Å². The average molecular weight is 254 g/mol. The van der Waals surface area contributed by atoms with Crippen LogP contribution in [0.3, 0.4) is 0 Å². The Bertz CT molecular complexity index is 380. The minimum atomic E-state index is 0.0101. The van der Waals surface area contributed by atoms with Gasteiger partial charge in [-0.25, -0.2) is 0 Å². The predicted octanol–water partition coefficient (Wildman–Crippen LogP) is 3.46. The van der Waals surface area contributed by atoms with E-state index >= 15 is 0 Å². The molecule has 94 valence electrons. The molecule has 1 atom stereocenters. The van der Waals surface area contributed by atoms with E-state index in [1.165, 1.54) is 24.9 Å². The van der Waals surface area contributed by atoms with Crippen molar-refractivity contribution in [2.45, 2.75) is 32.8 Å². The Morgan fingerprint density at radius 3 is 2.88 bits per heavy atom. The van der Waals surface area contributed by atoms with Crippen LogP contribution in [0.4, 0.5) is 5.69 Å². The van der Waals surface area contributed by atoms with Gasteiger partial charge in [0.05, 0.1) is 6.61 Å². The Labute approximate surface area is 108 Å². The molecule has 1 saturated heterocycles. The monoisotopic (exact) mass is 253 g/mol. The van der Waals surface area contributed by atoms with E-state index in [-0.39, 0.29) is 6.61 Å². The third-order valence-electron chi connectivity index (χ3n) is 3.59. The third kappa shape index (κ3) is 3.14. The van der Waals surface area contributed by atoms with Crippen LogP contribution in [0, 0.1) is 5.92 Å². The molecule has 0 spiro atoms. The lowest BCUT2D eigenvalue weighted by molar-refractivity contribution is 0.282. The zero-order valence-electron chi connectivity index (χ0n) is 10.3. The maximum absolute atomic E-state index is 9.10. The molecule has 0 amide bonds. The van der Waals surface area contributed by atoms with Gasteiger partial charge < -0.3 is 10.0 Å². The van der Waals surface area contributed by atoms with E-state index in [0.29, 0.717) is 5.02 Å². The summed E-state index contributed by atoms with van der Waals surface area (Å²) in [6.07, 6.45) is 3.82. The zero-order chi connectivity index (χ0) is 12.3. The molecule has 17 heavy (non-hydrogen) atoms. The highest BCUT2D eigenvalue weighted by atomic mass is 35.5. The SMILES string of the molecule is CC1CCCN(c2ccc(CO)c(Cl)c2)CC1. The van der Waals surface area contributed by atoms with Crippen molar-refractivity contribution in [3.8, 4) is 0 Å². The number of benzene rings is 1. The van der Waals surface area contributed by atoms with Gasteiger partial charge in [-0.1, -0.05) is 24.6 Å². The van der Waals surface area contributed by atoms with E-state index in [0.717, 1.165) is 24.6 Å². The van der Waals surface area contributed by atoms with Crippen molar-refractivity contribution in [3.63, 3.8) is 0 Å². The number of hydrogen-bond donors (Lipinski definition) is 1. The second-order valence-electron chi connectivity index (χ2n) is 4.96. The molecule has 1 aromatic rings. The van der Waals surface area contributed by atoms with Crippen LogP contribution in [0.1, 0.15) is 31.7 Å². The third-order valence-corrected chi connectivity index (χ3v) is 3.94. The Kier molecular flexibility index (Phi) is 4.30. The van der Waals surface area contributed by atoms with Gasteiger partial charge in [0.2, 0.25) is 0 Å². The minimum Gasteiger partial charge on any atom is -0.392 e. The lowest BCUT2D eigenvalue weighted by Crippen LogP contribution is -2.24. The van der Waals surface area contributed by atoms with Crippen LogP contribution in [0.15, 0.2) is 18.2 Å². The Morgan fingerprint density at radius 2 is 2.18 bits per heavy atom. The molecule has 0 aromatic heterocycles. The molecule has 1 aromatic carbocycles. The number of anilines is 1. The Morgan fingerprint density at radius 1 is 1.35 bits per heavy atom. The molecule has 1 fully saturated rings. The van der Waals surface area contributed by atoms with E-state index in [9.17, 15) is 0 Å². The van der Waals surface area contributed by atoms with Crippen molar-refractivity contribution >= 4 is 17.3 Å². The summed E-state index contributed by atoms with van der Waals surface area (Å²) in [6.45, 7) is 4.55. The second kappa shape index (κ2) is 5.74. The molecule has 1 N–H and O–H groups in total. The van der Waals surface area contributed by atoms with Gasteiger partial charge in [-0.3, -0.25) is 0 Å². The van der Waals surface area contributed by atoms with Crippen molar-refractivity contribution in [1.29, 1.82) is 0 Å². The largest absolute Gasteiger partial charge is 0.392 e. The molecule has 3 heteroatoms. The standard InChI is InChI=1S/C14H20ClNO/c1-11-3-2-7-16(8-6-11)13-5-4-12(10-17)14(15)9-13/h4-5,9,11,17H,2-3,6-8,10H2,1H3. The second-order valence-corrected chi connectivity index (χ2v) is 5.36. The number of hydrogen-bond acceptors (Lipinski definition) is 2. The van der Waals surface area contributed by atoms with Crippen LogP contribution in [0.5, 0.6) is 0 Å². The first-order valence-corrected chi connectivity index (χ1v) is 6.72. The fraction of sp³-hybridized carbons (Fsp3) is 0.571. The number of rotatable bonds is 2. The van der Waals surface area contributed by atoms with Gasteiger partial charge in [0.1, 0.15) is 0 Å². The lowest BCUT2D eigenvalue weighted by Gasteiger charge is -2.23. The highest BCUT2D eigenvalue weighted by molar-refractivity contribution is 6.31. The highest BCUT2D eigenvalue weighted by Crippen LogP contribution is 2.26. The van der Waals surface area contributed by atoms with Crippen LogP contribution in [0.2, 0.25) is 5.02 Å². The minimum absolute atomic E-state index is 0.0101. The summed E-state index contributed by atoms with van der Waals surface area (Å²) in [4.78, 5) is 2.40. The molecular weight excluding hydrogens is 234 g/mol. The first-order valence-electron chi connectivity index (χ1n) is 6.35. The van der Waals surface area contributed by atoms with Crippen LogP contribution >= 0.6 is 11.6 Å². The maximum atomic E-state index is 9.10. The van der Waals surface area contributed by atoms with Crippen molar-refractivity contribution in [1.82, 2.24) is 0 Å². The fourth-order valence-corrected chi connectivity index (χ4v) is 2.62. The van der Waals surface area contributed by atoms with E-state index in [1.807, 2.05) is 12.1 Å². The van der Waals surface area contributed by atoms with E-state index in [1.54, 1.807) is 0 Å².